The van der Waals surface area contributed by atoms with Gasteiger partial charge >= 0.3 is 128 Å². The zero-order chi connectivity index (χ0) is 13.8. The molecule has 0 aliphatic carbocycles. The Balaban J connectivity index is 2.24. The molecule has 0 fully saturated rings. The second-order valence-corrected chi connectivity index (χ2v) is 10.2. The fourth-order valence-corrected chi connectivity index (χ4v) is 7.08. The van der Waals surface area contributed by atoms with Crippen molar-refractivity contribution in [2.45, 2.75) is 0 Å². The molecule has 101 valence electrons. The van der Waals surface area contributed by atoms with Crippen LogP contribution < -0.4 is 15.9 Å². The van der Waals surface area contributed by atoms with E-state index in [1.807, 2.05) is 0 Å². The van der Waals surface area contributed by atoms with E-state index in [4.69, 9.17) is 15.6 Å². The number of hydrogen-bond acceptors (Lipinski definition) is 0. The summed E-state index contributed by atoms with van der Waals surface area (Å²) in [6.07, 6.45) is 0. The van der Waals surface area contributed by atoms with Crippen molar-refractivity contribution in [1.82, 2.24) is 0 Å². The first-order chi connectivity index (χ1) is 9.82. The zero-order valence-electron chi connectivity index (χ0n) is 11.0. The molecule has 0 unspecified atom stereocenters. The van der Waals surface area contributed by atoms with E-state index < -0.39 is 5.95 Å². The fourth-order valence-electron chi connectivity index (χ4n) is 2.49. The third-order valence-corrected chi connectivity index (χ3v) is 9.71. The Bertz CT molecular complexity index is 569. The average molecular weight is 319 g/mol. The number of benzene rings is 3. The van der Waals surface area contributed by atoms with Gasteiger partial charge in [0.05, 0.1) is 0 Å². The summed E-state index contributed by atoms with van der Waals surface area (Å²) in [5.74, 6) is -2.13. The van der Waals surface area contributed by atoms with Crippen molar-refractivity contribution in [2.24, 2.45) is 0 Å². The average Bonchev–Trinajstić information content (AvgIpc) is 2.56. The van der Waals surface area contributed by atoms with Gasteiger partial charge in [-0.3, -0.25) is 0 Å². The summed E-state index contributed by atoms with van der Waals surface area (Å²) in [7, 11) is 0. The molecule has 0 nitrogen and oxygen atoms in total. The summed E-state index contributed by atoms with van der Waals surface area (Å²) >= 11 is 4.72. The summed E-state index contributed by atoms with van der Waals surface area (Å²) in [5, 5.41) is 4.03. The third kappa shape index (κ3) is 2.45. The molecular formula is C18H16FeP. The van der Waals surface area contributed by atoms with Crippen LogP contribution in [-0.2, 0) is 15.6 Å². The molecule has 0 heterocycles. The van der Waals surface area contributed by atoms with E-state index >= 15 is 0 Å². The van der Waals surface area contributed by atoms with Gasteiger partial charge in [-0.25, -0.2) is 0 Å². The molecule has 0 aliphatic heterocycles. The first-order valence-corrected chi connectivity index (χ1v) is 10.2. The van der Waals surface area contributed by atoms with Crippen LogP contribution in [0, 0.1) is 0 Å². The molecule has 0 saturated carbocycles. The van der Waals surface area contributed by atoms with Gasteiger partial charge < -0.3 is 0 Å². The summed E-state index contributed by atoms with van der Waals surface area (Å²) in [6, 6.07) is 32.1. The van der Waals surface area contributed by atoms with Crippen molar-refractivity contribution in [3.05, 3.63) is 91.0 Å². The Kier molecular flexibility index (Phi) is 4.03. The van der Waals surface area contributed by atoms with Gasteiger partial charge in [0.2, 0.25) is 0 Å². The van der Waals surface area contributed by atoms with Crippen LogP contribution in [0.15, 0.2) is 91.0 Å². The van der Waals surface area contributed by atoms with Gasteiger partial charge in [-0.1, -0.05) is 0 Å². The summed E-state index contributed by atoms with van der Waals surface area (Å²) in [4.78, 5) is 0. The van der Waals surface area contributed by atoms with Crippen LogP contribution in [0.2, 0.25) is 0 Å². The maximum absolute atomic E-state index is 4.72. The fraction of sp³-hybridized carbons (Fsp3) is 0. The van der Waals surface area contributed by atoms with Crippen molar-refractivity contribution in [2.75, 3.05) is 0 Å². The molecule has 20 heavy (non-hydrogen) atoms. The molecular weight excluding hydrogens is 303 g/mol. The minimum absolute atomic E-state index is 1.34. The van der Waals surface area contributed by atoms with Gasteiger partial charge in [-0.15, -0.1) is 0 Å². The Hall–Kier alpha value is -1.39. The van der Waals surface area contributed by atoms with E-state index in [9.17, 15) is 0 Å². The normalized spacial score (nSPS) is 12.1. The maximum atomic E-state index is 4.72. The molecule has 0 saturated heterocycles. The van der Waals surface area contributed by atoms with E-state index in [0.717, 1.165) is 0 Å². The molecule has 3 aromatic carbocycles. The predicted molar refractivity (Wildman–Crippen MR) is 86.5 cm³/mol. The zero-order valence-corrected chi connectivity index (χ0v) is 13.1. The van der Waals surface area contributed by atoms with Crippen molar-refractivity contribution in [3.8, 4) is 0 Å². The molecule has 0 atom stereocenters. The van der Waals surface area contributed by atoms with E-state index in [-0.39, 0.29) is 0 Å². The quantitative estimate of drug-likeness (QED) is 0.514. The van der Waals surface area contributed by atoms with Gasteiger partial charge in [-0.05, 0) is 0 Å². The second kappa shape index (κ2) is 5.94. The second-order valence-electron chi connectivity index (χ2n) is 4.74. The van der Waals surface area contributed by atoms with Crippen molar-refractivity contribution < 1.29 is 15.6 Å². The topological polar surface area (TPSA) is 0 Å². The molecule has 3 rings (SSSR count). The SMILES string of the molecule is [Fe][PH](c1ccccc1)(c1ccccc1)c1ccccc1. The molecule has 2 heteroatoms. The first-order valence-electron chi connectivity index (χ1n) is 6.66. The van der Waals surface area contributed by atoms with Crippen LogP contribution in [0.1, 0.15) is 0 Å². The van der Waals surface area contributed by atoms with E-state index in [1.54, 1.807) is 0 Å². The summed E-state index contributed by atoms with van der Waals surface area (Å²) in [6.45, 7) is 0. The van der Waals surface area contributed by atoms with Gasteiger partial charge in [-0.2, -0.15) is 0 Å². The monoisotopic (exact) mass is 319 g/mol. The molecule has 0 spiro atoms. The molecule has 0 amide bonds. The van der Waals surface area contributed by atoms with Crippen molar-refractivity contribution in [3.63, 3.8) is 0 Å². The third-order valence-electron chi connectivity index (χ3n) is 3.49. The van der Waals surface area contributed by atoms with E-state index in [0.29, 0.717) is 0 Å². The molecule has 0 bridgehead atoms. The van der Waals surface area contributed by atoms with Crippen LogP contribution in [0.3, 0.4) is 0 Å². The standard InChI is InChI=1S/C18H15P.Fe/c1-4-10-16(11-5-1)19(17-12-6-2-7-13-17)18-14-8-3-9-15-18;/h1-15H;/q;-1/p+1. The Morgan fingerprint density at radius 2 is 0.700 bits per heavy atom. The van der Waals surface area contributed by atoms with E-state index in [2.05, 4.69) is 91.0 Å². The Morgan fingerprint density at radius 3 is 0.950 bits per heavy atom. The first kappa shape index (κ1) is 13.6. The predicted octanol–water partition coefficient (Wildman–Crippen LogP) is 3.17. The van der Waals surface area contributed by atoms with Gasteiger partial charge in [0, 0.05) is 0 Å². The number of rotatable bonds is 3. The molecule has 0 N–H and O–H groups in total. The van der Waals surface area contributed by atoms with Gasteiger partial charge in [0.15, 0.2) is 0 Å². The molecule has 0 aliphatic rings. The van der Waals surface area contributed by atoms with Crippen LogP contribution in [0.25, 0.3) is 0 Å². The van der Waals surface area contributed by atoms with E-state index in [1.165, 1.54) is 15.9 Å². The van der Waals surface area contributed by atoms with Crippen LogP contribution in [-0.4, -0.2) is 0 Å². The van der Waals surface area contributed by atoms with Gasteiger partial charge in [0.25, 0.3) is 0 Å². The minimum atomic E-state index is -2.13. The van der Waals surface area contributed by atoms with Gasteiger partial charge in [0.1, 0.15) is 0 Å². The van der Waals surface area contributed by atoms with Crippen LogP contribution >= 0.6 is 5.95 Å². The Labute approximate surface area is 128 Å². The van der Waals surface area contributed by atoms with Crippen molar-refractivity contribution >= 4 is 21.9 Å². The van der Waals surface area contributed by atoms with Crippen LogP contribution in [0.5, 0.6) is 0 Å². The molecule has 3 aromatic rings. The Morgan fingerprint density at radius 1 is 0.450 bits per heavy atom. The molecule has 0 radical (unpaired) electrons. The summed E-state index contributed by atoms with van der Waals surface area (Å²) < 4.78 is 0. The summed E-state index contributed by atoms with van der Waals surface area (Å²) in [5.41, 5.74) is 0. The molecule has 0 aromatic heterocycles. The van der Waals surface area contributed by atoms with Crippen LogP contribution in [0.4, 0.5) is 0 Å². The van der Waals surface area contributed by atoms with Crippen molar-refractivity contribution in [1.29, 1.82) is 0 Å². The number of hydrogen-bond donors (Lipinski definition) is 0.